The summed E-state index contributed by atoms with van der Waals surface area (Å²) in [5.41, 5.74) is 2.00. The molecule has 0 atom stereocenters. The van der Waals surface area contributed by atoms with Crippen LogP contribution in [0.25, 0.3) is 0 Å². The van der Waals surface area contributed by atoms with Crippen molar-refractivity contribution in [2.45, 2.75) is 18.7 Å². The lowest BCUT2D eigenvalue weighted by Crippen LogP contribution is -2.20. The van der Waals surface area contributed by atoms with Crippen LogP contribution in [-0.2, 0) is 10.0 Å². The van der Waals surface area contributed by atoms with Crippen molar-refractivity contribution in [2.24, 2.45) is 0 Å². The molecule has 0 aliphatic heterocycles. The van der Waals surface area contributed by atoms with E-state index in [0.717, 1.165) is 5.69 Å². The Bertz CT molecular complexity index is 817. The van der Waals surface area contributed by atoms with E-state index in [9.17, 15) is 13.2 Å². The second-order valence-electron chi connectivity index (χ2n) is 4.81. The van der Waals surface area contributed by atoms with Gasteiger partial charge in [0.2, 0.25) is 10.0 Å². The monoisotopic (exact) mass is 319 g/mol. The number of benzene rings is 1. The summed E-state index contributed by atoms with van der Waals surface area (Å²) in [5.74, 6) is -0.389. The van der Waals surface area contributed by atoms with Crippen LogP contribution in [0.3, 0.4) is 0 Å². The molecule has 6 nitrogen and oxygen atoms in total. The fraction of sp³-hybridized carbons (Fsp3) is 0.200. The molecule has 7 heteroatoms. The molecule has 0 fully saturated rings. The molecule has 1 aromatic heterocycles. The summed E-state index contributed by atoms with van der Waals surface area (Å²) in [6, 6.07) is 9.85. The first-order chi connectivity index (χ1) is 10.3. The third-order valence-corrected chi connectivity index (χ3v) is 4.68. The van der Waals surface area contributed by atoms with E-state index in [1.54, 1.807) is 44.2 Å². The second kappa shape index (κ2) is 6.25. The number of carbonyl (C=O) groups excluding carboxylic acids is 1. The van der Waals surface area contributed by atoms with Crippen LogP contribution in [0.2, 0.25) is 0 Å². The van der Waals surface area contributed by atoms with Crippen molar-refractivity contribution in [1.29, 1.82) is 0 Å². The molecule has 0 saturated heterocycles. The van der Waals surface area contributed by atoms with Gasteiger partial charge in [-0.25, -0.2) is 18.1 Å². The van der Waals surface area contributed by atoms with Crippen LogP contribution >= 0.6 is 0 Å². The molecule has 0 saturated carbocycles. The van der Waals surface area contributed by atoms with Crippen LogP contribution < -0.4 is 10.0 Å². The Morgan fingerprint density at radius 2 is 1.86 bits per heavy atom. The molecule has 1 aromatic carbocycles. The third kappa shape index (κ3) is 3.49. The fourth-order valence-electron chi connectivity index (χ4n) is 1.94. The zero-order valence-electron chi connectivity index (χ0n) is 12.5. The number of sulfonamides is 1. The summed E-state index contributed by atoms with van der Waals surface area (Å²) in [5, 5.41) is 2.66. The van der Waals surface area contributed by atoms with Gasteiger partial charge in [0.1, 0.15) is 5.69 Å². The molecular weight excluding hydrogens is 302 g/mol. The number of anilines is 1. The fourth-order valence-corrected chi connectivity index (χ4v) is 2.94. The quantitative estimate of drug-likeness (QED) is 0.900. The van der Waals surface area contributed by atoms with E-state index in [-0.39, 0.29) is 16.5 Å². The molecule has 116 valence electrons. The van der Waals surface area contributed by atoms with Gasteiger partial charge in [-0.05, 0) is 50.7 Å². The molecule has 1 heterocycles. The van der Waals surface area contributed by atoms with Crippen LogP contribution in [-0.4, -0.2) is 26.4 Å². The highest BCUT2D eigenvalue weighted by molar-refractivity contribution is 7.89. The van der Waals surface area contributed by atoms with Crippen LogP contribution in [0.5, 0.6) is 0 Å². The molecule has 1 amide bonds. The van der Waals surface area contributed by atoms with Crippen molar-refractivity contribution < 1.29 is 13.2 Å². The first-order valence-corrected chi connectivity index (χ1v) is 8.11. The summed E-state index contributed by atoms with van der Waals surface area (Å²) >= 11 is 0. The van der Waals surface area contributed by atoms with Gasteiger partial charge in [-0.2, -0.15) is 0 Å². The second-order valence-corrected chi connectivity index (χ2v) is 6.66. The van der Waals surface area contributed by atoms with E-state index in [2.05, 4.69) is 15.0 Å². The number of nitrogens with zero attached hydrogens (tertiary/aromatic N) is 1. The number of amides is 1. The molecule has 0 aliphatic rings. The van der Waals surface area contributed by atoms with Crippen LogP contribution in [0.1, 0.15) is 21.7 Å². The van der Waals surface area contributed by atoms with Gasteiger partial charge < -0.3 is 5.32 Å². The van der Waals surface area contributed by atoms with E-state index in [1.165, 1.54) is 13.1 Å². The van der Waals surface area contributed by atoms with E-state index in [4.69, 9.17) is 0 Å². The molecule has 0 unspecified atom stereocenters. The van der Waals surface area contributed by atoms with Crippen molar-refractivity contribution in [1.82, 2.24) is 9.71 Å². The Hall–Kier alpha value is -2.25. The Labute approximate surface area is 129 Å². The molecule has 2 aromatic rings. The van der Waals surface area contributed by atoms with Crippen molar-refractivity contribution in [3.8, 4) is 0 Å². The first kappa shape index (κ1) is 16.1. The highest BCUT2D eigenvalue weighted by Gasteiger charge is 2.16. The predicted molar refractivity (Wildman–Crippen MR) is 84.4 cm³/mol. The summed E-state index contributed by atoms with van der Waals surface area (Å²) in [6.07, 6.45) is 0. The maximum absolute atomic E-state index is 12.1. The molecular formula is C15H17N3O3S. The van der Waals surface area contributed by atoms with Crippen LogP contribution in [0.15, 0.2) is 41.3 Å². The number of carbonyl (C=O) groups is 1. The minimum atomic E-state index is -3.58. The highest BCUT2D eigenvalue weighted by atomic mass is 32.2. The normalized spacial score (nSPS) is 11.2. The SMILES string of the molecule is CNS(=O)(=O)c1cc(NC(=O)c2cccc(C)n2)ccc1C. The molecule has 0 aliphatic carbocycles. The van der Waals surface area contributed by atoms with Crippen molar-refractivity contribution in [3.05, 3.63) is 53.3 Å². The molecule has 2 N–H and O–H groups in total. The Morgan fingerprint density at radius 3 is 2.50 bits per heavy atom. The Morgan fingerprint density at radius 1 is 1.14 bits per heavy atom. The summed E-state index contributed by atoms with van der Waals surface area (Å²) in [7, 11) is -2.23. The predicted octanol–water partition coefficient (Wildman–Crippen LogP) is 1.86. The van der Waals surface area contributed by atoms with Gasteiger partial charge in [0, 0.05) is 11.4 Å². The molecule has 0 bridgehead atoms. The minimum absolute atomic E-state index is 0.130. The van der Waals surface area contributed by atoms with Crippen LogP contribution in [0, 0.1) is 13.8 Å². The van der Waals surface area contributed by atoms with Gasteiger partial charge in [-0.3, -0.25) is 4.79 Å². The molecule has 2 rings (SSSR count). The Kier molecular flexibility index (Phi) is 4.58. The number of hydrogen-bond donors (Lipinski definition) is 2. The standard InChI is InChI=1S/C15H17N3O3S/c1-10-7-8-12(9-14(10)22(20,21)16-3)18-15(19)13-6-4-5-11(2)17-13/h4-9,16H,1-3H3,(H,18,19). The summed E-state index contributed by atoms with van der Waals surface area (Å²) < 4.78 is 26.1. The van der Waals surface area contributed by atoms with Gasteiger partial charge in [0.05, 0.1) is 4.90 Å². The van der Waals surface area contributed by atoms with Crippen molar-refractivity contribution >= 4 is 21.6 Å². The topological polar surface area (TPSA) is 88.2 Å². The number of aromatic nitrogens is 1. The highest BCUT2D eigenvalue weighted by Crippen LogP contribution is 2.20. The van der Waals surface area contributed by atoms with Crippen molar-refractivity contribution in [3.63, 3.8) is 0 Å². The maximum Gasteiger partial charge on any atom is 0.274 e. The van der Waals surface area contributed by atoms with Gasteiger partial charge in [-0.15, -0.1) is 0 Å². The lowest BCUT2D eigenvalue weighted by atomic mass is 10.2. The number of rotatable bonds is 4. The lowest BCUT2D eigenvalue weighted by molar-refractivity contribution is 0.102. The molecule has 22 heavy (non-hydrogen) atoms. The Balaban J connectivity index is 2.31. The van der Waals surface area contributed by atoms with E-state index < -0.39 is 10.0 Å². The third-order valence-electron chi connectivity index (χ3n) is 3.13. The maximum atomic E-state index is 12.1. The average molecular weight is 319 g/mol. The smallest absolute Gasteiger partial charge is 0.274 e. The van der Waals surface area contributed by atoms with Crippen molar-refractivity contribution in [2.75, 3.05) is 12.4 Å². The summed E-state index contributed by atoms with van der Waals surface area (Å²) in [6.45, 7) is 3.48. The minimum Gasteiger partial charge on any atom is -0.321 e. The first-order valence-electron chi connectivity index (χ1n) is 6.62. The number of pyridine rings is 1. The number of aryl methyl sites for hydroxylation is 2. The zero-order chi connectivity index (χ0) is 16.3. The van der Waals surface area contributed by atoms with Gasteiger partial charge in [0.25, 0.3) is 5.91 Å². The van der Waals surface area contributed by atoms with Crippen LogP contribution in [0.4, 0.5) is 5.69 Å². The number of nitrogens with one attached hydrogen (secondary N) is 2. The van der Waals surface area contributed by atoms with E-state index in [1.807, 2.05) is 0 Å². The number of hydrogen-bond acceptors (Lipinski definition) is 4. The zero-order valence-corrected chi connectivity index (χ0v) is 13.4. The molecule has 0 radical (unpaired) electrons. The summed E-state index contributed by atoms with van der Waals surface area (Å²) in [4.78, 5) is 16.4. The van der Waals surface area contributed by atoms with Gasteiger partial charge in [0.15, 0.2) is 0 Å². The van der Waals surface area contributed by atoms with Gasteiger partial charge >= 0.3 is 0 Å². The van der Waals surface area contributed by atoms with E-state index in [0.29, 0.717) is 11.3 Å². The lowest BCUT2D eigenvalue weighted by Gasteiger charge is -2.10. The van der Waals surface area contributed by atoms with Gasteiger partial charge in [-0.1, -0.05) is 12.1 Å². The largest absolute Gasteiger partial charge is 0.321 e. The van der Waals surface area contributed by atoms with E-state index >= 15 is 0 Å². The molecule has 0 spiro atoms. The average Bonchev–Trinajstić information content (AvgIpc) is 2.49.